The molecule has 0 aliphatic carbocycles. The predicted molar refractivity (Wildman–Crippen MR) is 128 cm³/mol. The molecule has 3 aromatic rings. The van der Waals surface area contributed by atoms with Gasteiger partial charge >= 0.3 is 0 Å². The van der Waals surface area contributed by atoms with Crippen molar-refractivity contribution >= 4 is 23.4 Å². The summed E-state index contributed by atoms with van der Waals surface area (Å²) in [4.78, 5) is 24.9. The molecule has 4 heterocycles. The molecule has 2 aromatic heterocycles. The lowest BCUT2D eigenvalue weighted by molar-refractivity contribution is 0.0391. The molecule has 1 atom stereocenters. The summed E-state index contributed by atoms with van der Waals surface area (Å²) in [6.45, 7) is 3.03. The van der Waals surface area contributed by atoms with Crippen molar-refractivity contribution in [3.63, 3.8) is 0 Å². The van der Waals surface area contributed by atoms with Gasteiger partial charge in [-0.2, -0.15) is 4.09 Å². The smallest absolute Gasteiger partial charge is 0.270 e. The molecule has 34 heavy (non-hydrogen) atoms. The average molecular weight is 486 g/mol. The van der Waals surface area contributed by atoms with Crippen LogP contribution in [0.2, 0.25) is 0 Å². The van der Waals surface area contributed by atoms with Crippen LogP contribution in [0.5, 0.6) is 0 Å². The first kappa shape index (κ1) is 22.8. The Hall–Kier alpha value is -3.01. The number of piperidine rings is 1. The number of nitrogens with zero attached hydrogens (tertiary/aromatic N) is 5. The molecular weight excluding hydrogens is 461 g/mol. The molecule has 2 fully saturated rings. The van der Waals surface area contributed by atoms with Crippen molar-refractivity contribution in [2.45, 2.75) is 25.0 Å². The number of aliphatic hydroxyl groups is 1. The van der Waals surface area contributed by atoms with Crippen LogP contribution in [0, 0.1) is 5.82 Å². The van der Waals surface area contributed by atoms with Gasteiger partial charge in [-0.3, -0.25) is 9.78 Å². The molecule has 0 spiro atoms. The fraction of sp³-hybridized carbons (Fsp3) is 0.375. The molecule has 0 amide bonds. The number of pyridine rings is 1. The Kier molecular flexibility index (Phi) is 6.49. The fourth-order valence-corrected chi connectivity index (χ4v) is 4.62. The van der Waals surface area contributed by atoms with Crippen LogP contribution in [-0.2, 0) is 4.74 Å². The van der Waals surface area contributed by atoms with Gasteiger partial charge in [-0.15, -0.1) is 0 Å². The third kappa shape index (κ3) is 4.64. The van der Waals surface area contributed by atoms with E-state index in [1.807, 2.05) is 17.0 Å². The van der Waals surface area contributed by atoms with Gasteiger partial charge in [0.15, 0.2) is 5.82 Å². The van der Waals surface area contributed by atoms with Crippen molar-refractivity contribution in [1.29, 1.82) is 0 Å². The maximum atomic E-state index is 14.3. The first-order valence-electron chi connectivity index (χ1n) is 11.3. The molecule has 0 radical (unpaired) electrons. The summed E-state index contributed by atoms with van der Waals surface area (Å²) in [5, 5.41) is 9.73. The van der Waals surface area contributed by atoms with Crippen LogP contribution in [0.4, 0.5) is 16.0 Å². The van der Waals surface area contributed by atoms with Crippen molar-refractivity contribution in [3.05, 3.63) is 70.5 Å². The van der Waals surface area contributed by atoms with Crippen molar-refractivity contribution in [1.82, 2.24) is 14.1 Å². The van der Waals surface area contributed by atoms with E-state index in [4.69, 9.17) is 16.5 Å². The number of anilines is 2. The number of hydrogen-bond donors (Lipinski definition) is 1. The van der Waals surface area contributed by atoms with E-state index in [1.54, 1.807) is 0 Å². The fourth-order valence-electron chi connectivity index (χ4n) is 4.43. The van der Waals surface area contributed by atoms with E-state index < -0.39 is 11.4 Å². The highest BCUT2D eigenvalue weighted by Crippen LogP contribution is 2.29. The largest absolute Gasteiger partial charge is 0.393 e. The molecule has 2 aliphatic rings. The van der Waals surface area contributed by atoms with Crippen LogP contribution in [0.25, 0.3) is 11.3 Å². The van der Waals surface area contributed by atoms with Crippen LogP contribution < -0.4 is 15.4 Å². The third-order valence-electron chi connectivity index (χ3n) is 6.34. The van der Waals surface area contributed by atoms with Crippen molar-refractivity contribution in [3.8, 4) is 11.3 Å². The average Bonchev–Trinajstić information content (AvgIpc) is 2.87. The Labute approximate surface area is 201 Å². The zero-order chi connectivity index (χ0) is 23.7. The van der Waals surface area contributed by atoms with Gasteiger partial charge in [0.05, 0.1) is 31.1 Å². The number of ether oxygens (including phenoxy) is 1. The molecule has 10 heteroatoms. The molecule has 0 bridgehead atoms. The van der Waals surface area contributed by atoms with E-state index in [0.717, 1.165) is 47.5 Å². The Bertz CT molecular complexity index is 1210. The summed E-state index contributed by atoms with van der Waals surface area (Å²) in [6.07, 6.45) is 3.64. The quantitative estimate of drug-likeness (QED) is 0.608. The number of halogens is 2. The first-order valence-corrected chi connectivity index (χ1v) is 11.6. The zero-order valence-corrected chi connectivity index (χ0v) is 19.2. The van der Waals surface area contributed by atoms with E-state index in [0.29, 0.717) is 19.7 Å². The van der Waals surface area contributed by atoms with Gasteiger partial charge < -0.3 is 19.6 Å². The van der Waals surface area contributed by atoms with Crippen LogP contribution >= 0.6 is 11.8 Å². The van der Waals surface area contributed by atoms with Gasteiger partial charge in [-0.05, 0) is 36.6 Å². The molecule has 2 aliphatic heterocycles. The minimum absolute atomic E-state index is 0.191. The zero-order valence-electron chi connectivity index (χ0n) is 18.5. The second kappa shape index (κ2) is 9.69. The van der Waals surface area contributed by atoms with Gasteiger partial charge in [0.25, 0.3) is 5.56 Å². The topological polar surface area (TPSA) is 83.7 Å². The highest BCUT2D eigenvalue weighted by molar-refractivity contribution is 6.16. The highest BCUT2D eigenvalue weighted by atomic mass is 35.5. The summed E-state index contributed by atoms with van der Waals surface area (Å²) < 4.78 is 21.2. The monoisotopic (exact) mass is 485 g/mol. The Morgan fingerprint density at radius 2 is 1.85 bits per heavy atom. The van der Waals surface area contributed by atoms with E-state index in [1.165, 1.54) is 18.3 Å². The molecule has 178 valence electrons. The molecule has 1 N–H and O–H groups in total. The number of rotatable bonds is 4. The molecule has 1 aromatic carbocycles. The number of aliphatic hydroxyl groups excluding tert-OH is 1. The van der Waals surface area contributed by atoms with Crippen LogP contribution in [0.1, 0.15) is 24.5 Å². The van der Waals surface area contributed by atoms with Gasteiger partial charge in [0.2, 0.25) is 5.95 Å². The van der Waals surface area contributed by atoms with Crippen molar-refractivity contribution in [2.24, 2.45) is 0 Å². The minimum atomic E-state index is -0.559. The number of morpholine rings is 1. The summed E-state index contributed by atoms with van der Waals surface area (Å²) in [5.74, 6) is -0.312. The molecule has 2 saturated heterocycles. The molecule has 0 saturated carbocycles. The van der Waals surface area contributed by atoms with Crippen LogP contribution in [0.3, 0.4) is 0 Å². The lowest BCUT2D eigenvalue weighted by atomic mass is 10.0. The Morgan fingerprint density at radius 3 is 2.59 bits per heavy atom. The van der Waals surface area contributed by atoms with Crippen molar-refractivity contribution < 1.29 is 14.2 Å². The van der Waals surface area contributed by atoms with Gasteiger partial charge in [-0.25, -0.2) is 9.37 Å². The Morgan fingerprint density at radius 1 is 1.09 bits per heavy atom. The SMILES string of the molecule is O=c1cc(-c2ccncc2F)nc(N2CCO[C@@H](c3ccc(N4CCC(O)CC4)cc3)C2)n1Cl. The molecule has 8 nitrogen and oxygen atoms in total. The first-order chi connectivity index (χ1) is 16.5. The maximum Gasteiger partial charge on any atom is 0.270 e. The summed E-state index contributed by atoms with van der Waals surface area (Å²) in [5.41, 5.74) is 2.03. The molecule has 5 rings (SSSR count). The predicted octanol–water partition coefficient (Wildman–Crippen LogP) is 2.99. The normalized spacial score (nSPS) is 19.4. The van der Waals surface area contributed by atoms with E-state index in [-0.39, 0.29) is 29.4 Å². The minimum Gasteiger partial charge on any atom is -0.393 e. The molecule has 0 unspecified atom stereocenters. The number of hydrogen-bond acceptors (Lipinski definition) is 7. The van der Waals surface area contributed by atoms with Crippen molar-refractivity contribution in [2.75, 3.05) is 42.6 Å². The lowest BCUT2D eigenvalue weighted by Crippen LogP contribution is -2.41. The van der Waals surface area contributed by atoms with Gasteiger partial charge in [-0.1, -0.05) is 12.1 Å². The Balaban J connectivity index is 1.36. The summed E-state index contributed by atoms with van der Waals surface area (Å²) in [6, 6.07) is 10.9. The van der Waals surface area contributed by atoms with E-state index >= 15 is 0 Å². The van der Waals surface area contributed by atoms with Crippen LogP contribution in [0.15, 0.2) is 53.6 Å². The second-order valence-electron chi connectivity index (χ2n) is 8.53. The van der Waals surface area contributed by atoms with Gasteiger partial charge in [0, 0.05) is 54.9 Å². The highest BCUT2D eigenvalue weighted by Gasteiger charge is 2.26. The summed E-state index contributed by atoms with van der Waals surface area (Å²) >= 11 is 6.27. The maximum absolute atomic E-state index is 14.3. The number of benzene rings is 1. The number of aromatic nitrogens is 3. The summed E-state index contributed by atoms with van der Waals surface area (Å²) in [7, 11) is 0. The third-order valence-corrected chi connectivity index (χ3v) is 6.66. The lowest BCUT2D eigenvalue weighted by Gasteiger charge is -2.35. The van der Waals surface area contributed by atoms with Gasteiger partial charge in [0.1, 0.15) is 6.10 Å². The van der Waals surface area contributed by atoms with Crippen LogP contribution in [-0.4, -0.2) is 58.1 Å². The van der Waals surface area contributed by atoms with E-state index in [2.05, 4.69) is 27.0 Å². The van der Waals surface area contributed by atoms with E-state index in [9.17, 15) is 14.3 Å². The standard InChI is InChI=1S/C24H25ClFN5O3/c25-31-23(33)13-21(19-5-8-27-14-20(19)26)28-24(31)30-11-12-34-22(15-30)16-1-3-17(4-2-16)29-9-6-18(32)7-10-29/h1-5,8,13-14,18,22,32H,6-7,9-12,15H2/t22-/m1/s1. The molecular formula is C24H25ClFN5O3. The second-order valence-corrected chi connectivity index (χ2v) is 8.87.